The Morgan fingerprint density at radius 1 is 1.29 bits per heavy atom. The van der Waals surface area contributed by atoms with E-state index < -0.39 is 0 Å². The highest BCUT2D eigenvalue weighted by Crippen LogP contribution is 2.29. The maximum absolute atomic E-state index is 5.65. The normalized spacial score (nSPS) is 14.5. The summed E-state index contributed by atoms with van der Waals surface area (Å²) < 4.78 is 7.78. The first-order chi connectivity index (χ1) is 11.8. The minimum Gasteiger partial charge on any atom is -0.477 e. The lowest BCUT2D eigenvalue weighted by atomic mass is 10.3. The number of ether oxygens (including phenoxy) is 1. The van der Waals surface area contributed by atoms with Crippen LogP contribution in [-0.2, 0) is 13.1 Å². The third-order valence-corrected chi connectivity index (χ3v) is 3.97. The van der Waals surface area contributed by atoms with Gasteiger partial charge in [0.1, 0.15) is 0 Å². The van der Waals surface area contributed by atoms with E-state index in [2.05, 4.69) is 37.6 Å². The van der Waals surface area contributed by atoms with Crippen LogP contribution in [0.3, 0.4) is 0 Å². The van der Waals surface area contributed by atoms with Gasteiger partial charge in [0.25, 0.3) is 0 Å². The molecule has 0 amide bonds. The summed E-state index contributed by atoms with van der Waals surface area (Å²) in [6.07, 6.45) is 8.53. The van der Waals surface area contributed by atoms with E-state index in [-0.39, 0.29) is 0 Å². The third-order valence-electron chi connectivity index (χ3n) is 3.97. The summed E-state index contributed by atoms with van der Waals surface area (Å²) in [5.41, 5.74) is 1.10. The van der Waals surface area contributed by atoms with Crippen LogP contribution in [0.15, 0.2) is 47.8 Å². The number of nitrogens with zero attached hydrogens (tertiary/aromatic N) is 3. The molecule has 0 aromatic carbocycles. The fraction of sp³-hybridized carbons (Fsp3) is 0.444. The molecule has 2 heterocycles. The second-order valence-electron chi connectivity index (χ2n) is 6.03. The average molecular weight is 327 g/mol. The van der Waals surface area contributed by atoms with E-state index in [0.717, 1.165) is 37.1 Å². The van der Waals surface area contributed by atoms with Gasteiger partial charge in [-0.2, -0.15) is 0 Å². The molecule has 2 aromatic heterocycles. The zero-order valence-electron chi connectivity index (χ0n) is 14.1. The number of hydrogen-bond donors (Lipinski definition) is 2. The van der Waals surface area contributed by atoms with Gasteiger partial charge in [-0.05, 0) is 36.5 Å². The van der Waals surface area contributed by atoms with Crippen LogP contribution < -0.4 is 15.4 Å². The van der Waals surface area contributed by atoms with Crippen LogP contribution in [0, 0.1) is 5.92 Å². The molecule has 24 heavy (non-hydrogen) atoms. The lowest BCUT2D eigenvalue weighted by Gasteiger charge is -2.12. The van der Waals surface area contributed by atoms with Crippen LogP contribution in [-0.4, -0.2) is 35.7 Å². The highest BCUT2D eigenvalue weighted by atomic mass is 16.5. The maximum atomic E-state index is 5.65. The predicted molar refractivity (Wildman–Crippen MR) is 95.1 cm³/mol. The summed E-state index contributed by atoms with van der Waals surface area (Å²) in [6.45, 7) is 3.20. The molecule has 2 aromatic rings. The largest absolute Gasteiger partial charge is 0.477 e. The van der Waals surface area contributed by atoms with Crippen molar-refractivity contribution in [1.82, 2.24) is 20.2 Å². The number of hydrogen-bond acceptors (Lipinski definition) is 3. The summed E-state index contributed by atoms with van der Waals surface area (Å²) in [7, 11) is 1.78. The van der Waals surface area contributed by atoms with Gasteiger partial charge in [0.05, 0.1) is 6.61 Å². The van der Waals surface area contributed by atoms with Crippen molar-refractivity contribution in [3.63, 3.8) is 0 Å². The first-order valence-electron chi connectivity index (χ1n) is 8.46. The molecule has 1 aliphatic rings. The van der Waals surface area contributed by atoms with Crippen LogP contribution in [0.2, 0.25) is 0 Å². The third kappa shape index (κ3) is 5.30. The Bertz CT molecular complexity index is 632. The molecule has 1 aliphatic carbocycles. The van der Waals surface area contributed by atoms with Crippen LogP contribution >= 0.6 is 0 Å². The molecule has 0 saturated heterocycles. The molecule has 1 fully saturated rings. The van der Waals surface area contributed by atoms with E-state index >= 15 is 0 Å². The van der Waals surface area contributed by atoms with Crippen LogP contribution in [0.25, 0.3) is 0 Å². The van der Waals surface area contributed by atoms with E-state index in [9.17, 15) is 0 Å². The molecule has 6 nitrogen and oxygen atoms in total. The Morgan fingerprint density at radius 2 is 2.12 bits per heavy atom. The van der Waals surface area contributed by atoms with Crippen molar-refractivity contribution in [2.45, 2.75) is 25.9 Å². The molecule has 1 saturated carbocycles. The Balaban J connectivity index is 1.38. The number of aliphatic imine (C=N–C) groups is 1. The van der Waals surface area contributed by atoms with Crippen LogP contribution in [0.4, 0.5) is 0 Å². The maximum Gasteiger partial charge on any atom is 0.213 e. The van der Waals surface area contributed by atoms with Gasteiger partial charge in [-0.3, -0.25) is 4.99 Å². The van der Waals surface area contributed by atoms with Crippen molar-refractivity contribution < 1.29 is 4.74 Å². The van der Waals surface area contributed by atoms with Gasteiger partial charge in [-0.15, -0.1) is 0 Å². The second-order valence-corrected chi connectivity index (χ2v) is 6.03. The van der Waals surface area contributed by atoms with Crippen molar-refractivity contribution >= 4 is 5.96 Å². The SMILES string of the molecule is CN=C(NCCn1cccc1)NCc1ccc(OCC2CC2)nc1. The lowest BCUT2D eigenvalue weighted by Crippen LogP contribution is -2.38. The summed E-state index contributed by atoms with van der Waals surface area (Å²) >= 11 is 0. The molecule has 0 spiro atoms. The molecule has 0 unspecified atom stereocenters. The number of pyridine rings is 1. The molecule has 0 aliphatic heterocycles. The minimum atomic E-state index is 0.680. The van der Waals surface area contributed by atoms with Gasteiger partial charge in [-0.1, -0.05) is 6.07 Å². The minimum absolute atomic E-state index is 0.680. The molecule has 0 bridgehead atoms. The zero-order chi connectivity index (χ0) is 16.6. The summed E-state index contributed by atoms with van der Waals surface area (Å²) in [5, 5.41) is 6.60. The highest BCUT2D eigenvalue weighted by molar-refractivity contribution is 5.79. The Morgan fingerprint density at radius 3 is 2.79 bits per heavy atom. The molecule has 6 heteroatoms. The van der Waals surface area contributed by atoms with Crippen molar-refractivity contribution in [3.05, 3.63) is 48.4 Å². The zero-order valence-corrected chi connectivity index (χ0v) is 14.1. The Hall–Kier alpha value is -2.50. The average Bonchev–Trinajstić information content (AvgIpc) is 3.31. The number of guanidine groups is 1. The lowest BCUT2D eigenvalue weighted by molar-refractivity contribution is 0.288. The Kier molecular flexibility index (Phi) is 5.71. The van der Waals surface area contributed by atoms with E-state index in [1.807, 2.05) is 30.5 Å². The Labute approximate surface area is 143 Å². The van der Waals surface area contributed by atoms with Crippen molar-refractivity contribution in [1.29, 1.82) is 0 Å². The standard InChI is InChI=1S/C18H25N5O/c1-19-18(20-8-11-23-9-2-3-10-23)22-13-16-6-7-17(21-12-16)24-14-15-4-5-15/h2-3,6-7,9-10,12,15H,4-5,8,11,13-14H2,1H3,(H2,19,20,22). The molecule has 3 rings (SSSR count). The van der Waals surface area contributed by atoms with Gasteiger partial charge < -0.3 is 19.9 Å². The first kappa shape index (κ1) is 16.4. The molecule has 2 N–H and O–H groups in total. The van der Waals surface area contributed by atoms with Gasteiger partial charge in [-0.25, -0.2) is 4.98 Å². The van der Waals surface area contributed by atoms with Gasteiger partial charge >= 0.3 is 0 Å². The van der Waals surface area contributed by atoms with Gasteiger partial charge in [0, 0.05) is 51.3 Å². The summed E-state index contributed by atoms with van der Waals surface area (Å²) in [6, 6.07) is 8.02. The van der Waals surface area contributed by atoms with E-state index in [1.54, 1.807) is 7.05 Å². The van der Waals surface area contributed by atoms with E-state index in [4.69, 9.17) is 4.74 Å². The second kappa shape index (κ2) is 8.38. The summed E-state index contributed by atoms with van der Waals surface area (Å²) in [4.78, 5) is 8.59. The highest BCUT2D eigenvalue weighted by Gasteiger charge is 2.21. The number of nitrogens with one attached hydrogen (secondary N) is 2. The monoisotopic (exact) mass is 327 g/mol. The van der Waals surface area contributed by atoms with Crippen LogP contribution in [0.1, 0.15) is 18.4 Å². The summed E-state index contributed by atoms with van der Waals surface area (Å²) in [5.74, 6) is 2.24. The first-order valence-corrected chi connectivity index (χ1v) is 8.46. The number of aromatic nitrogens is 2. The van der Waals surface area contributed by atoms with Gasteiger partial charge in [0.15, 0.2) is 5.96 Å². The quantitative estimate of drug-likeness (QED) is 0.575. The molecular formula is C18H25N5O. The molecule has 128 valence electrons. The molecule has 0 atom stereocenters. The predicted octanol–water partition coefficient (Wildman–Crippen LogP) is 2.04. The molecular weight excluding hydrogens is 302 g/mol. The van der Waals surface area contributed by atoms with Crippen molar-refractivity contribution in [2.24, 2.45) is 10.9 Å². The topological polar surface area (TPSA) is 63.5 Å². The van der Waals surface area contributed by atoms with Crippen molar-refractivity contribution in [3.8, 4) is 5.88 Å². The fourth-order valence-corrected chi connectivity index (χ4v) is 2.32. The van der Waals surface area contributed by atoms with E-state index in [1.165, 1.54) is 12.8 Å². The molecule has 0 radical (unpaired) electrons. The van der Waals surface area contributed by atoms with Crippen molar-refractivity contribution in [2.75, 3.05) is 20.2 Å². The number of rotatable bonds is 8. The van der Waals surface area contributed by atoms with E-state index in [0.29, 0.717) is 12.4 Å². The smallest absolute Gasteiger partial charge is 0.213 e. The van der Waals surface area contributed by atoms with Gasteiger partial charge in [0.2, 0.25) is 5.88 Å². The fourth-order valence-electron chi connectivity index (χ4n) is 2.32. The van der Waals surface area contributed by atoms with Crippen LogP contribution in [0.5, 0.6) is 5.88 Å².